The fourth-order valence-electron chi connectivity index (χ4n) is 2.45. The third-order valence-corrected chi connectivity index (χ3v) is 3.98. The minimum absolute atomic E-state index is 0.00289. The molecule has 3 nitrogen and oxygen atoms in total. The van der Waals surface area contributed by atoms with Crippen molar-refractivity contribution in [2.45, 2.75) is 27.7 Å². The Kier molecular flexibility index (Phi) is 5.24. The van der Waals surface area contributed by atoms with E-state index in [0.29, 0.717) is 0 Å². The zero-order valence-corrected chi connectivity index (χ0v) is 14.9. The molecule has 2 aromatic rings. The van der Waals surface area contributed by atoms with Crippen molar-refractivity contribution in [1.29, 1.82) is 0 Å². The number of para-hydroxylation sites is 1. The van der Waals surface area contributed by atoms with Crippen molar-refractivity contribution in [2.75, 3.05) is 11.9 Å². The van der Waals surface area contributed by atoms with Crippen LogP contribution in [-0.4, -0.2) is 12.5 Å². The van der Waals surface area contributed by atoms with Crippen molar-refractivity contribution in [3.63, 3.8) is 0 Å². The normalized spacial score (nSPS) is 10.4. The van der Waals surface area contributed by atoms with Crippen molar-refractivity contribution >= 4 is 27.5 Å². The van der Waals surface area contributed by atoms with Crippen LogP contribution in [0.1, 0.15) is 22.3 Å². The molecule has 2 rings (SSSR count). The second kappa shape index (κ2) is 6.97. The standard InChI is InChI=1S/C18H20BrNO2/c1-11-6-5-7-12(2)17(11)20-16(21)10-22-18-13(3)8-15(19)9-14(18)4/h5-9H,10H2,1-4H3,(H,20,21). The number of rotatable bonds is 4. The topological polar surface area (TPSA) is 38.3 Å². The van der Waals surface area contributed by atoms with E-state index in [4.69, 9.17) is 4.74 Å². The second-order valence-electron chi connectivity index (χ2n) is 5.47. The zero-order chi connectivity index (χ0) is 16.3. The third kappa shape index (κ3) is 3.89. The fraction of sp³-hybridized carbons (Fsp3) is 0.278. The number of ether oxygens (including phenoxy) is 1. The summed E-state index contributed by atoms with van der Waals surface area (Å²) in [5, 5.41) is 2.93. The van der Waals surface area contributed by atoms with Crippen molar-refractivity contribution in [3.8, 4) is 5.75 Å². The molecular weight excluding hydrogens is 342 g/mol. The molecule has 0 aliphatic heterocycles. The molecule has 116 valence electrons. The highest BCUT2D eigenvalue weighted by Gasteiger charge is 2.11. The van der Waals surface area contributed by atoms with Gasteiger partial charge in [0, 0.05) is 10.2 Å². The summed E-state index contributed by atoms with van der Waals surface area (Å²) in [6.07, 6.45) is 0. The Morgan fingerprint density at radius 3 is 2.14 bits per heavy atom. The van der Waals surface area contributed by atoms with E-state index in [-0.39, 0.29) is 12.5 Å². The molecule has 22 heavy (non-hydrogen) atoms. The number of halogens is 1. The number of carbonyl (C=O) groups excluding carboxylic acids is 1. The van der Waals surface area contributed by atoms with Gasteiger partial charge in [0.05, 0.1) is 0 Å². The summed E-state index contributed by atoms with van der Waals surface area (Å²) < 4.78 is 6.71. The molecule has 0 saturated heterocycles. The number of carbonyl (C=O) groups is 1. The van der Waals surface area contributed by atoms with Crippen LogP contribution in [0.2, 0.25) is 0 Å². The molecule has 0 bridgehead atoms. The van der Waals surface area contributed by atoms with Crippen LogP contribution in [0.4, 0.5) is 5.69 Å². The van der Waals surface area contributed by atoms with Crippen LogP contribution in [0.5, 0.6) is 5.75 Å². The third-order valence-electron chi connectivity index (χ3n) is 3.52. The lowest BCUT2D eigenvalue weighted by molar-refractivity contribution is -0.118. The minimum Gasteiger partial charge on any atom is -0.483 e. The molecule has 0 aliphatic rings. The van der Waals surface area contributed by atoms with Gasteiger partial charge in [0.25, 0.3) is 5.91 Å². The Labute approximate surface area is 139 Å². The second-order valence-corrected chi connectivity index (χ2v) is 6.39. The molecule has 0 fully saturated rings. The highest BCUT2D eigenvalue weighted by molar-refractivity contribution is 9.10. The molecule has 0 aromatic heterocycles. The van der Waals surface area contributed by atoms with Crippen molar-refractivity contribution in [3.05, 3.63) is 57.1 Å². The van der Waals surface area contributed by atoms with Gasteiger partial charge in [-0.05, 0) is 62.1 Å². The quantitative estimate of drug-likeness (QED) is 0.856. The van der Waals surface area contributed by atoms with E-state index in [2.05, 4.69) is 21.2 Å². The monoisotopic (exact) mass is 361 g/mol. The van der Waals surface area contributed by atoms with Crippen LogP contribution in [0.25, 0.3) is 0 Å². The minimum atomic E-state index is -0.154. The Balaban J connectivity index is 2.05. The van der Waals surface area contributed by atoms with Crippen LogP contribution in [-0.2, 0) is 4.79 Å². The molecule has 0 aliphatic carbocycles. The number of hydrogen-bond donors (Lipinski definition) is 1. The summed E-state index contributed by atoms with van der Waals surface area (Å²) in [6, 6.07) is 9.89. The maximum absolute atomic E-state index is 12.1. The van der Waals surface area contributed by atoms with E-state index in [1.807, 2.05) is 58.0 Å². The first kappa shape index (κ1) is 16.6. The van der Waals surface area contributed by atoms with Crippen LogP contribution in [0.15, 0.2) is 34.8 Å². The summed E-state index contributed by atoms with van der Waals surface area (Å²) in [4.78, 5) is 12.1. The summed E-state index contributed by atoms with van der Waals surface area (Å²) in [5.74, 6) is 0.610. The first-order chi connectivity index (χ1) is 10.4. The van der Waals surface area contributed by atoms with E-state index in [1.165, 1.54) is 0 Å². The lowest BCUT2D eigenvalue weighted by atomic mass is 10.1. The summed E-state index contributed by atoms with van der Waals surface area (Å²) >= 11 is 3.45. The number of amides is 1. The molecule has 1 amide bonds. The SMILES string of the molecule is Cc1cccc(C)c1NC(=O)COc1c(C)cc(Br)cc1C. The first-order valence-electron chi connectivity index (χ1n) is 7.14. The molecule has 0 heterocycles. The summed E-state index contributed by atoms with van der Waals surface area (Å²) in [5.41, 5.74) is 4.97. The highest BCUT2D eigenvalue weighted by Crippen LogP contribution is 2.27. The Bertz CT molecular complexity index is 667. The van der Waals surface area contributed by atoms with E-state index in [0.717, 1.165) is 38.2 Å². The zero-order valence-electron chi connectivity index (χ0n) is 13.3. The van der Waals surface area contributed by atoms with E-state index >= 15 is 0 Å². The maximum Gasteiger partial charge on any atom is 0.262 e. The van der Waals surface area contributed by atoms with Gasteiger partial charge in [-0.25, -0.2) is 0 Å². The van der Waals surface area contributed by atoms with Crippen LogP contribution >= 0.6 is 15.9 Å². The van der Waals surface area contributed by atoms with Gasteiger partial charge in [0.2, 0.25) is 0 Å². The van der Waals surface area contributed by atoms with Gasteiger partial charge in [0.1, 0.15) is 5.75 Å². The number of benzene rings is 2. The molecule has 2 aromatic carbocycles. The van der Waals surface area contributed by atoms with E-state index in [1.54, 1.807) is 0 Å². The highest BCUT2D eigenvalue weighted by atomic mass is 79.9. The molecule has 0 saturated carbocycles. The number of nitrogens with one attached hydrogen (secondary N) is 1. The molecule has 4 heteroatoms. The molecule has 0 atom stereocenters. The number of hydrogen-bond acceptors (Lipinski definition) is 2. The van der Waals surface area contributed by atoms with Gasteiger partial charge in [-0.1, -0.05) is 34.1 Å². The van der Waals surface area contributed by atoms with Crippen LogP contribution in [0.3, 0.4) is 0 Å². The van der Waals surface area contributed by atoms with Gasteiger partial charge in [0.15, 0.2) is 6.61 Å². The smallest absolute Gasteiger partial charge is 0.262 e. The lowest BCUT2D eigenvalue weighted by Crippen LogP contribution is -2.21. The Morgan fingerprint density at radius 1 is 1.05 bits per heavy atom. The van der Waals surface area contributed by atoms with E-state index < -0.39 is 0 Å². The largest absolute Gasteiger partial charge is 0.483 e. The van der Waals surface area contributed by atoms with E-state index in [9.17, 15) is 4.79 Å². The molecule has 0 spiro atoms. The molecule has 0 unspecified atom stereocenters. The molecular formula is C18H20BrNO2. The lowest BCUT2D eigenvalue weighted by Gasteiger charge is -2.14. The maximum atomic E-state index is 12.1. The average molecular weight is 362 g/mol. The summed E-state index contributed by atoms with van der Waals surface area (Å²) in [7, 11) is 0. The number of aryl methyl sites for hydroxylation is 4. The Hall–Kier alpha value is -1.81. The van der Waals surface area contributed by atoms with Crippen molar-refractivity contribution in [1.82, 2.24) is 0 Å². The first-order valence-corrected chi connectivity index (χ1v) is 7.93. The van der Waals surface area contributed by atoms with Crippen molar-refractivity contribution in [2.24, 2.45) is 0 Å². The van der Waals surface area contributed by atoms with Gasteiger partial charge in [-0.3, -0.25) is 4.79 Å². The van der Waals surface area contributed by atoms with Gasteiger partial charge < -0.3 is 10.1 Å². The predicted molar refractivity (Wildman–Crippen MR) is 93.7 cm³/mol. The molecule has 1 N–H and O–H groups in total. The van der Waals surface area contributed by atoms with Crippen LogP contribution in [0, 0.1) is 27.7 Å². The molecule has 0 radical (unpaired) electrons. The van der Waals surface area contributed by atoms with Gasteiger partial charge in [-0.15, -0.1) is 0 Å². The van der Waals surface area contributed by atoms with Crippen molar-refractivity contribution < 1.29 is 9.53 Å². The van der Waals surface area contributed by atoms with Gasteiger partial charge in [-0.2, -0.15) is 0 Å². The summed E-state index contributed by atoms with van der Waals surface area (Å²) in [6.45, 7) is 7.89. The van der Waals surface area contributed by atoms with Crippen LogP contribution < -0.4 is 10.1 Å². The number of anilines is 1. The Morgan fingerprint density at radius 2 is 1.59 bits per heavy atom. The average Bonchev–Trinajstić information content (AvgIpc) is 2.42. The predicted octanol–water partition coefficient (Wildman–Crippen LogP) is 4.70. The van der Waals surface area contributed by atoms with Gasteiger partial charge >= 0.3 is 0 Å². The fourth-order valence-corrected chi connectivity index (χ4v) is 3.14.